The standard InChI is InChI=1S/C14H16N2O3/c1-3-18-13-5-4-11(14-15-6-7-16-14)8-12(13)9-19-10(2)17/h4-8H,3,9H2,1-2H3,(H,15,16). The molecule has 0 radical (unpaired) electrons. The molecule has 0 saturated carbocycles. The minimum Gasteiger partial charge on any atom is -0.493 e. The number of aromatic amines is 1. The number of benzene rings is 1. The van der Waals surface area contributed by atoms with E-state index in [9.17, 15) is 4.79 Å². The Morgan fingerprint density at radius 2 is 2.26 bits per heavy atom. The third-order valence-corrected chi connectivity index (χ3v) is 2.56. The maximum absolute atomic E-state index is 10.9. The van der Waals surface area contributed by atoms with Gasteiger partial charge in [0.2, 0.25) is 0 Å². The number of hydrogen-bond acceptors (Lipinski definition) is 4. The number of H-pyrrole nitrogens is 1. The van der Waals surface area contributed by atoms with Crippen LogP contribution < -0.4 is 4.74 Å². The summed E-state index contributed by atoms with van der Waals surface area (Å²) in [5.41, 5.74) is 1.75. The molecular weight excluding hydrogens is 244 g/mol. The van der Waals surface area contributed by atoms with E-state index in [1.54, 1.807) is 12.4 Å². The fraction of sp³-hybridized carbons (Fsp3) is 0.286. The molecule has 0 unspecified atom stereocenters. The highest BCUT2D eigenvalue weighted by Gasteiger charge is 2.09. The number of rotatable bonds is 5. The molecule has 5 nitrogen and oxygen atoms in total. The van der Waals surface area contributed by atoms with Gasteiger partial charge in [-0.05, 0) is 25.1 Å². The quantitative estimate of drug-likeness (QED) is 0.839. The van der Waals surface area contributed by atoms with Gasteiger partial charge in [0.05, 0.1) is 6.61 Å². The molecule has 0 saturated heterocycles. The first-order valence-electron chi connectivity index (χ1n) is 6.09. The van der Waals surface area contributed by atoms with E-state index < -0.39 is 0 Å². The maximum Gasteiger partial charge on any atom is 0.302 e. The summed E-state index contributed by atoms with van der Waals surface area (Å²) in [5.74, 6) is 1.18. The number of nitrogens with one attached hydrogen (secondary N) is 1. The molecule has 100 valence electrons. The van der Waals surface area contributed by atoms with Crippen LogP contribution in [0.3, 0.4) is 0 Å². The second-order valence-electron chi connectivity index (χ2n) is 3.97. The molecule has 0 amide bonds. The summed E-state index contributed by atoms with van der Waals surface area (Å²) in [6.07, 6.45) is 3.45. The number of imidazole rings is 1. The van der Waals surface area contributed by atoms with E-state index in [1.807, 2.05) is 25.1 Å². The predicted molar refractivity (Wildman–Crippen MR) is 70.7 cm³/mol. The van der Waals surface area contributed by atoms with Crippen molar-refractivity contribution >= 4 is 5.97 Å². The zero-order valence-corrected chi connectivity index (χ0v) is 11.0. The molecule has 1 heterocycles. The molecular formula is C14H16N2O3. The van der Waals surface area contributed by atoms with E-state index in [2.05, 4.69) is 9.97 Å². The molecule has 5 heteroatoms. The van der Waals surface area contributed by atoms with Crippen LogP contribution in [0.2, 0.25) is 0 Å². The van der Waals surface area contributed by atoms with Gasteiger partial charge in [-0.3, -0.25) is 4.79 Å². The van der Waals surface area contributed by atoms with Crippen molar-refractivity contribution in [1.82, 2.24) is 9.97 Å². The Bertz CT molecular complexity index is 550. The summed E-state index contributed by atoms with van der Waals surface area (Å²) >= 11 is 0. The van der Waals surface area contributed by atoms with Gasteiger partial charge in [-0.2, -0.15) is 0 Å². The van der Waals surface area contributed by atoms with Crippen LogP contribution in [0.25, 0.3) is 11.4 Å². The van der Waals surface area contributed by atoms with E-state index in [-0.39, 0.29) is 12.6 Å². The van der Waals surface area contributed by atoms with Gasteiger partial charge in [0.15, 0.2) is 0 Å². The van der Waals surface area contributed by atoms with Gasteiger partial charge >= 0.3 is 5.97 Å². The van der Waals surface area contributed by atoms with Gasteiger partial charge in [0.1, 0.15) is 18.2 Å². The Morgan fingerprint density at radius 1 is 1.42 bits per heavy atom. The molecule has 2 rings (SSSR count). The number of ether oxygens (including phenoxy) is 2. The van der Waals surface area contributed by atoms with Gasteiger partial charge < -0.3 is 14.5 Å². The van der Waals surface area contributed by atoms with Crippen LogP contribution in [0.1, 0.15) is 19.4 Å². The molecule has 0 bridgehead atoms. The molecule has 1 aromatic heterocycles. The van der Waals surface area contributed by atoms with Crippen molar-refractivity contribution in [2.45, 2.75) is 20.5 Å². The van der Waals surface area contributed by atoms with Crippen molar-refractivity contribution in [2.75, 3.05) is 6.61 Å². The Morgan fingerprint density at radius 3 is 2.89 bits per heavy atom. The van der Waals surface area contributed by atoms with Gasteiger partial charge in [0.25, 0.3) is 0 Å². The van der Waals surface area contributed by atoms with Crippen LogP contribution in [-0.4, -0.2) is 22.5 Å². The number of esters is 1. The summed E-state index contributed by atoms with van der Waals surface area (Å²) in [4.78, 5) is 18.1. The minimum absolute atomic E-state index is 0.194. The van der Waals surface area contributed by atoms with Gasteiger partial charge in [-0.1, -0.05) is 0 Å². The van der Waals surface area contributed by atoms with Crippen molar-refractivity contribution in [3.8, 4) is 17.1 Å². The lowest BCUT2D eigenvalue weighted by Gasteiger charge is -2.11. The average molecular weight is 260 g/mol. The highest BCUT2D eigenvalue weighted by atomic mass is 16.5. The van der Waals surface area contributed by atoms with Crippen molar-refractivity contribution < 1.29 is 14.3 Å². The summed E-state index contributed by atoms with van der Waals surface area (Å²) in [7, 11) is 0. The van der Waals surface area contributed by atoms with Crippen molar-refractivity contribution in [2.24, 2.45) is 0 Å². The van der Waals surface area contributed by atoms with Crippen LogP contribution in [-0.2, 0) is 16.1 Å². The molecule has 0 fully saturated rings. The maximum atomic E-state index is 10.9. The lowest BCUT2D eigenvalue weighted by Crippen LogP contribution is -2.03. The van der Waals surface area contributed by atoms with Gasteiger partial charge in [-0.25, -0.2) is 4.98 Å². The molecule has 0 aliphatic heterocycles. The topological polar surface area (TPSA) is 64.2 Å². The number of hydrogen-bond donors (Lipinski definition) is 1. The van der Waals surface area contributed by atoms with Crippen molar-refractivity contribution in [1.29, 1.82) is 0 Å². The lowest BCUT2D eigenvalue weighted by molar-refractivity contribution is -0.142. The van der Waals surface area contributed by atoms with Gasteiger partial charge in [0, 0.05) is 30.4 Å². The molecule has 1 aromatic carbocycles. The summed E-state index contributed by atoms with van der Waals surface area (Å²) < 4.78 is 10.6. The smallest absolute Gasteiger partial charge is 0.302 e. The van der Waals surface area contributed by atoms with E-state index >= 15 is 0 Å². The Hall–Kier alpha value is -2.30. The summed E-state index contributed by atoms with van der Waals surface area (Å²) in [6, 6.07) is 5.69. The number of nitrogens with zero attached hydrogens (tertiary/aromatic N) is 1. The zero-order valence-electron chi connectivity index (χ0n) is 11.0. The predicted octanol–water partition coefficient (Wildman–Crippen LogP) is 2.54. The van der Waals surface area contributed by atoms with Crippen LogP contribution in [0, 0.1) is 0 Å². The molecule has 1 N–H and O–H groups in total. The van der Waals surface area contributed by atoms with Crippen LogP contribution in [0.4, 0.5) is 0 Å². The summed E-state index contributed by atoms with van der Waals surface area (Å²) in [6.45, 7) is 4.05. The third kappa shape index (κ3) is 3.34. The number of carbonyl (C=O) groups is 1. The Kier molecular flexibility index (Phi) is 4.18. The molecule has 0 aliphatic rings. The lowest BCUT2D eigenvalue weighted by atomic mass is 10.1. The zero-order chi connectivity index (χ0) is 13.7. The van der Waals surface area contributed by atoms with Crippen LogP contribution in [0.15, 0.2) is 30.6 Å². The molecule has 2 aromatic rings. The summed E-state index contributed by atoms with van der Waals surface area (Å²) in [5, 5.41) is 0. The number of aromatic nitrogens is 2. The van der Waals surface area contributed by atoms with E-state index in [1.165, 1.54) is 6.92 Å². The second kappa shape index (κ2) is 6.04. The fourth-order valence-electron chi connectivity index (χ4n) is 1.74. The fourth-order valence-corrected chi connectivity index (χ4v) is 1.74. The van der Waals surface area contributed by atoms with E-state index in [0.717, 1.165) is 22.7 Å². The van der Waals surface area contributed by atoms with Crippen LogP contribution >= 0.6 is 0 Å². The van der Waals surface area contributed by atoms with E-state index in [4.69, 9.17) is 9.47 Å². The molecule has 0 atom stereocenters. The molecule has 19 heavy (non-hydrogen) atoms. The minimum atomic E-state index is -0.314. The largest absolute Gasteiger partial charge is 0.493 e. The third-order valence-electron chi connectivity index (χ3n) is 2.56. The highest BCUT2D eigenvalue weighted by molar-refractivity contribution is 5.66. The van der Waals surface area contributed by atoms with Crippen molar-refractivity contribution in [3.63, 3.8) is 0 Å². The monoisotopic (exact) mass is 260 g/mol. The van der Waals surface area contributed by atoms with Crippen molar-refractivity contribution in [3.05, 3.63) is 36.2 Å². The normalized spacial score (nSPS) is 10.2. The average Bonchev–Trinajstić information content (AvgIpc) is 2.91. The molecule has 0 aliphatic carbocycles. The first kappa shape index (κ1) is 13.1. The first-order valence-corrected chi connectivity index (χ1v) is 6.09. The van der Waals surface area contributed by atoms with E-state index in [0.29, 0.717) is 6.61 Å². The Balaban J connectivity index is 2.29. The first-order chi connectivity index (χ1) is 9.20. The Labute approximate surface area is 111 Å². The second-order valence-corrected chi connectivity index (χ2v) is 3.97. The molecule has 0 spiro atoms. The highest BCUT2D eigenvalue weighted by Crippen LogP contribution is 2.25. The van der Waals surface area contributed by atoms with Crippen LogP contribution in [0.5, 0.6) is 5.75 Å². The number of carbonyl (C=O) groups excluding carboxylic acids is 1. The SMILES string of the molecule is CCOc1ccc(-c2ncc[nH]2)cc1COC(C)=O. The van der Waals surface area contributed by atoms with Gasteiger partial charge in [-0.15, -0.1) is 0 Å².